The number of rotatable bonds is 7. The number of fused-ring (bicyclic) bond motifs is 1. The predicted molar refractivity (Wildman–Crippen MR) is 99.7 cm³/mol. The van der Waals surface area contributed by atoms with Gasteiger partial charge in [-0.15, -0.1) is 0 Å². The molecule has 1 amide bonds. The van der Waals surface area contributed by atoms with E-state index in [2.05, 4.69) is 4.98 Å². The summed E-state index contributed by atoms with van der Waals surface area (Å²) >= 11 is 0.953. The molecule has 0 aliphatic rings. The first-order chi connectivity index (χ1) is 13.3. The number of aromatic nitrogens is 1. The Hall–Kier alpha value is -2.92. The Morgan fingerprint density at radius 2 is 2.04 bits per heavy atom. The predicted octanol–water partition coefficient (Wildman–Crippen LogP) is 3.67. The Bertz CT molecular complexity index is 1030. The second kappa shape index (κ2) is 7.98. The van der Waals surface area contributed by atoms with Crippen molar-refractivity contribution < 1.29 is 22.9 Å². The van der Waals surface area contributed by atoms with Gasteiger partial charge in [-0.1, -0.05) is 11.3 Å². The minimum atomic E-state index is -0.827. The van der Waals surface area contributed by atoms with Crippen molar-refractivity contribution in [3.8, 4) is 0 Å². The first kappa shape index (κ1) is 19.8. The van der Waals surface area contributed by atoms with E-state index < -0.39 is 28.3 Å². The van der Waals surface area contributed by atoms with Crippen molar-refractivity contribution in [1.82, 2.24) is 9.88 Å². The van der Waals surface area contributed by atoms with Crippen LogP contribution in [-0.2, 0) is 0 Å². The number of carbonyl (C=O) groups excluding carboxylic acids is 1. The van der Waals surface area contributed by atoms with Crippen LogP contribution >= 0.6 is 11.3 Å². The first-order valence-electron chi connectivity index (χ1n) is 8.22. The molecule has 0 N–H and O–H groups in total. The van der Waals surface area contributed by atoms with Crippen molar-refractivity contribution in [2.24, 2.45) is 0 Å². The van der Waals surface area contributed by atoms with E-state index in [-0.39, 0.29) is 27.7 Å². The maximum atomic E-state index is 14.0. The summed E-state index contributed by atoms with van der Waals surface area (Å²) in [5.41, 5.74) is -0.0442. The van der Waals surface area contributed by atoms with Gasteiger partial charge in [0.25, 0.3) is 5.91 Å². The van der Waals surface area contributed by atoms with Gasteiger partial charge in [0, 0.05) is 12.6 Å². The summed E-state index contributed by atoms with van der Waals surface area (Å²) in [6, 6.07) is 4.14. The Balaban J connectivity index is 1.97. The number of hydrogen-bond acceptors (Lipinski definition) is 7. The highest BCUT2D eigenvalue weighted by atomic mass is 32.1. The lowest BCUT2D eigenvalue weighted by Crippen LogP contribution is -2.33. The summed E-state index contributed by atoms with van der Waals surface area (Å²) in [6.45, 7) is 0.880. The normalized spacial score (nSPS) is 11.3. The molecular formula is C17H16F2N4O4S. The van der Waals surface area contributed by atoms with Gasteiger partial charge in [-0.25, -0.2) is 13.8 Å². The van der Waals surface area contributed by atoms with Gasteiger partial charge < -0.3 is 9.32 Å². The maximum Gasteiger partial charge on any atom is 0.433 e. The highest BCUT2D eigenvalue weighted by Gasteiger charge is 2.26. The molecule has 0 saturated carbocycles. The molecule has 2 heterocycles. The van der Waals surface area contributed by atoms with E-state index >= 15 is 0 Å². The van der Waals surface area contributed by atoms with Gasteiger partial charge in [0.1, 0.15) is 16.3 Å². The number of furan rings is 1. The van der Waals surface area contributed by atoms with Crippen LogP contribution in [0, 0.1) is 21.7 Å². The molecule has 0 atom stereocenters. The number of nitrogens with zero attached hydrogens (tertiary/aromatic N) is 4. The third-order valence-electron chi connectivity index (χ3n) is 3.85. The minimum Gasteiger partial charge on any atom is -0.395 e. The molecule has 0 aliphatic carbocycles. The van der Waals surface area contributed by atoms with Crippen LogP contribution in [0.2, 0.25) is 0 Å². The van der Waals surface area contributed by atoms with Gasteiger partial charge in [-0.2, -0.15) is 0 Å². The van der Waals surface area contributed by atoms with Gasteiger partial charge in [0.2, 0.25) is 0 Å². The number of amides is 1. The van der Waals surface area contributed by atoms with Crippen LogP contribution in [0.3, 0.4) is 0 Å². The Labute approximate surface area is 162 Å². The third-order valence-corrected chi connectivity index (χ3v) is 4.87. The summed E-state index contributed by atoms with van der Waals surface area (Å²) in [6.07, 6.45) is 0.564. The molecule has 11 heteroatoms. The van der Waals surface area contributed by atoms with Gasteiger partial charge in [-0.05, 0) is 39.2 Å². The molecule has 0 fully saturated rings. The van der Waals surface area contributed by atoms with Crippen LogP contribution in [0.1, 0.15) is 17.0 Å². The van der Waals surface area contributed by atoms with Gasteiger partial charge in [0.05, 0.1) is 10.8 Å². The fourth-order valence-corrected chi connectivity index (χ4v) is 3.59. The van der Waals surface area contributed by atoms with Crippen molar-refractivity contribution >= 4 is 38.5 Å². The lowest BCUT2D eigenvalue weighted by atomic mass is 10.3. The van der Waals surface area contributed by atoms with Crippen LogP contribution in [0.25, 0.3) is 10.2 Å². The van der Waals surface area contributed by atoms with E-state index in [1.807, 2.05) is 19.0 Å². The highest BCUT2D eigenvalue weighted by Crippen LogP contribution is 2.32. The fourth-order valence-electron chi connectivity index (χ4n) is 2.56. The molecule has 0 aliphatic heterocycles. The van der Waals surface area contributed by atoms with Crippen molar-refractivity contribution in [2.45, 2.75) is 6.42 Å². The first-order valence-corrected chi connectivity index (χ1v) is 9.04. The molecule has 2 aromatic heterocycles. The van der Waals surface area contributed by atoms with Gasteiger partial charge in [-0.3, -0.25) is 19.8 Å². The van der Waals surface area contributed by atoms with E-state index in [9.17, 15) is 23.7 Å². The lowest BCUT2D eigenvalue weighted by Gasteiger charge is -2.19. The van der Waals surface area contributed by atoms with E-state index in [1.165, 1.54) is 11.0 Å². The van der Waals surface area contributed by atoms with Crippen LogP contribution in [-0.4, -0.2) is 47.9 Å². The summed E-state index contributed by atoms with van der Waals surface area (Å²) in [7, 11) is 3.75. The van der Waals surface area contributed by atoms with Crippen LogP contribution in [0.15, 0.2) is 28.7 Å². The molecule has 1 aromatic carbocycles. The Kier molecular flexibility index (Phi) is 5.66. The smallest absolute Gasteiger partial charge is 0.395 e. The van der Waals surface area contributed by atoms with Crippen LogP contribution in [0.4, 0.5) is 19.8 Å². The Morgan fingerprint density at radius 3 is 2.68 bits per heavy atom. The average Bonchev–Trinajstić information content (AvgIpc) is 3.25. The average molecular weight is 410 g/mol. The summed E-state index contributed by atoms with van der Waals surface area (Å²) in [5, 5.41) is 11.0. The van der Waals surface area contributed by atoms with Crippen molar-refractivity contribution in [2.75, 3.05) is 32.1 Å². The molecule has 0 spiro atoms. The highest BCUT2D eigenvalue weighted by molar-refractivity contribution is 7.22. The van der Waals surface area contributed by atoms with Crippen LogP contribution < -0.4 is 4.90 Å². The standard InChI is InChI=1S/C17H16F2N4O4S/c1-21(2)6-3-7-22(16(24)12-4-5-14(27-12)23(25)26)17-20-15-11(19)8-10(18)9-13(15)28-17/h4-5,8-9H,3,6-7H2,1-2H3. The number of hydrogen-bond donors (Lipinski definition) is 0. The number of halogens is 2. The van der Waals surface area contributed by atoms with E-state index in [4.69, 9.17) is 4.42 Å². The number of carbonyl (C=O) groups is 1. The Morgan fingerprint density at radius 1 is 1.29 bits per heavy atom. The van der Waals surface area contributed by atoms with Gasteiger partial charge in [0.15, 0.2) is 16.7 Å². The minimum absolute atomic E-state index is 0.0442. The van der Waals surface area contributed by atoms with Crippen molar-refractivity contribution in [3.05, 3.63) is 51.8 Å². The fraction of sp³-hybridized carbons (Fsp3) is 0.294. The largest absolute Gasteiger partial charge is 0.433 e. The molecule has 0 radical (unpaired) electrons. The second-order valence-electron chi connectivity index (χ2n) is 6.24. The molecule has 3 aromatic rings. The summed E-state index contributed by atoms with van der Waals surface area (Å²) in [4.78, 5) is 30.3. The monoisotopic (exact) mass is 410 g/mol. The number of nitro groups is 1. The summed E-state index contributed by atoms with van der Waals surface area (Å²) in [5.74, 6) is -3.01. The van der Waals surface area contributed by atoms with E-state index in [0.29, 0.717) is 13.0 Å². The molecule has 8 nitrogen and oxygen atoms in total. The zero-order valence-electron chi connectivity index (χ0n) is 15.0. The number of thiazole rings is 1. The molecule has 0 unspecified atom stereocenters. The molecule has 28 heavy (non-hydrogen) atoms. The maximum absolute atomic E-state index is 14.0. The molecule has 0 bridgehead atoms. The van der Waals surface area contributed by atoms with E-state index in [1.54, 1.807) is 0 Å². The SMILES string of the molecule is CN(C)CCCN(C(=O)c1ccc([N+](=O)[O-])o1)c1nc2c(F)cc(F)cc2s1. The van der Waals surface area contributed by atoms with Crippen molar-refractivity contribution in [1.29, 1.82) is 0 Å². The van der Waals surface area contributed by atoms with E-state index in [0.717, 1.165) is 29.5 Å². The van der Waals surface area contributed by atoms with Gasteiger partial charge >= 0.3 is 5.88 Å². The molecule has 3 rings (SSSR count). The molecular weight excluding hydrogens is 394 g/mol. The zero-order chi connectivity index (χ0) is 20.4. The van der Waals surface area contributed by atoms with Crippen molar-refractivity contribution in [3.63, 3.8) is 0 Å². The summed E-state index contributed by atoms with van der Waals surface area (Å²) < 4.78 is 32.7. The quantitative estimate of drug-likeness (QED) is 0.436. The number of benzene rings is 1. The number of anilines is 1. The molecule has 0 saturated heterocycles. The molecule has 148 valence electrons. The second-order valence-corrected chi connectivity index (χ2v) is 7.25. The third kappa shape index (κ3) is 4.15. The lowest BCUT2D eigenvalue weighted by molar-refractivity contribution is -0.402. The van der Waals surface area contributed by atoms with Crippen LogP contribution in [0.5, 0.6) is 0 Å². The zero-order valence-corrected chi connectivity index (χ0v) is 15.8. The topological polar surface area (TPSA) is 92.7 Å².